The van der Waals surface area contributed by atoms with Crippen molar-refractivity contribution in [3.8, 4) is 0 Å². The van der Waals surface area contributed by atoms with Gasteiger partial charge in [-0.3, -0.25) is 9.59 Å². The first-order valence-electron chi connectivity index (χ1n) is 27.9. The third-order valence-corrected chi connectivity index (χ3v) is 13.1. The lowest BCUT2D eigenvalue weighted by Gasteiger charge is -2.22. The highest BCUT2D eigenvalue weighted by Gasteiger charge is 2.20. The van der Waals surface area contributed by atoms with E-state index in [0.29, 0.717) is 25.9 Å². The van der Waals surface area contributed by atoms with Gasteiger partial charge in [0.15, 0.2) is 0 Å². The van der Waals surface area contributed by atoms with E-state index in [4.69, 9.17) is 4.74 Å². The summed E-state index contributed by atoms with van der Waals surface area (Å²) in [4.78, 5) is 24.5. The number of carbonyl (C=O) groups excluding carboxylic acids is 2. The average Bonchev–Trinajstić information content (AvgIpc) is 3.27. The minimum atomic E-state index is -0.682. The SMILES string of the molecule is CCCCCCCCCCCCCCCCCCCCCCCCCC(O)C(CO)NC(=O)CCCCCCC/C=C\CCCCOC(=O)CCCCCCCCCCCCC. The molecule has 2 atom stereocenters. The summed E-state index contributed by atoms with van der Waals surface area (Å²) < 4.78 is 5.42. The molecule has 0 heterocycles. The second-order valence-electron chi connectivity index (χ2n) is 19.3. The van der Waals surface area contributed by atoms with E-state index < -0.39 is 12.1 Å². The van der Waals surface area contributed by atoms with Crippen LogP contribution in [0.4, 0.5) is 0 Å². The molecule has 0 aliphatic carbocycles. The molecule has 0 aliphatic rings. The minimum absolute atomic E-state index is 0.0305. The van der Waals surface area contributed by atoms with Crippen molar-refractivity contribution >= 4 is 11.9 Å². The van der Waals surface area contributed by atoms with Crippen LogP contribution in [0.3, 0.4) is 0 Å². The van der Waals surface area contributed by atoms with Crippen LogP contribution in [0.5, 0.6) is 0 Å². The fourth-order valence-electron chi connectivity index (χ4n) is 8.75. The second kappa shape index (κ2) is 52.2. The Labute approximate surface area is 387 Å². The van der Waals surface area contributed by atoms with Gasteiger partial charge in [0.25, 0.3) is 0 Å². The summed E-state index contributed by atoms with van der Waals surface area (Å²) in [5.41, 5.74) is 0. The van der Waals surface area contributed by atoms with Crippen LogP contribution in [0.1, 0.15) is 309 Å². The van der Waals surface area contributed by atoms with Crippen molar-refractivity contribution in [3.05, 3.63) is 12.2 Å². The molecule has 0 saturated carbocycles. The molecule has 62 heavy (non-hydrogen) atoms. The van der Waals surface area contributed by atoms with Crippen molar-refractivity contribution in [3.63, 3.8) is 0 Å². The predicted octanol–water partition coefficient (Wildman–Crippen LogP) is 16.9. The molecule has 0 aromatic rings. The maximum atomic E-state index is 12.5. The van der Waals surface area contributed by atoms with E-state index in [1.54, 1.807) is 0 Å². The quantitative estimate of drug-likeness (QED) is 0.0321. The fourth-order valence-corrected chi connectivity index (χ4v) is 8.75. The number of esters is 1. The molecule has 368 valence electrons. The maximum Gasteiger partial charge on any atom is 0.305 e. The summed E-state index contributed by atoms with van der Waals surface area (Å²) in [6.45, 7) is 4.89. The molecule has 1 amide bonds. The van der Waals surface area contributed by atoms with Gasteiger partial charge in [0.1, 0.15) is 0 Å². The van der Waals surface area contributed by atoms with E-state index in [-0.39, 0.29) is 18.5 Å². The Morgan fingerprint density at radius 3 is 1.15 bits per heavy atom. The number of rotatable bonds is 52. The smallest absolute Gasteiger partial charge is 0.305 e. The van der Waals surface area contributed by atoms with Crippen molar-refractivity contribution in [2.75, 3.05) is 13.2 Å². The lowest BCUT2D eigenvalue weighted by molar-refractivity contribution is -0.143. The predicted molar refractivity (Wildman–Crippen MR) is 269 cm³/mol. The zero-order valence-electron chi connectivity index (χ0n) is 41.9. The molecular weight excluding hydrogens is 767 g/mol. The highest BCUT2D eigenvalue weighted by atomic mass is 16.5. The molecule has 6 heteroatoms. The van der Waals surface area contributed by atoms with Gasteiger partial charge in [-0.05, 0) is 51.4 Å². The number of aliphatic hydroxyl groups is 2. The molecule has 0 bridgehead atoms. The molecule has 0 radical (unpaired) electrons. The van der Waals surface area contributed by atoms with Crippen LogP contribution in [0.25, 0.3) is 0 Å². The number of carbonyl (C=O) groups is 2. The standard InChI is InChI=1S/C56H109NO5/c1-3-5-7-9-11-13-15-16-17-18-19-20-21-22-23-24-25-26-29-32-36-40-44-48-54(59)53(52-58)57-55(60)49-45-41-37-33-30-27-31-35-39-43-47-51-62-56(61)50-46-42-38-34-28-14-12-10-8-6-4-2/h31,35,53-54,58-59H,3-30,32-34,36-52H2,1-2H3,(H,57,60)/b35-31-. The summed E-state index contributed by atoms with van der Waals surface area (Å²) >= 11 is 0. The number of hydrogen-bond acceptors (Lipinski definition) is 5. The largest absolute Gasteiger partial charge is 0.466 e. The number of hydrogen-bond donors (Lipinski definition) is 3. The topological polar surface area (TPSA) is 95.9 Å². The molecule has 0 aromatic heterocycles. The van der Waals surface area contributed by atoms with Crippen molar-refractivity contribution in [1.29, 1.82) is 0 Å². The molecule has 0 fully saturated rings. The Bertz CT molecular complexity index is 924. The summed E-state index contributed by atoms with van der Waals surface area (Å²) in [5.74, 6) is -0.0912. The third kappa shape index (κ3) is 48.1. The molecular formula is C56H109NO5. The van der Waals surface area contributed by atoms with E-state index in [2.05, 4.69) is 31.3 Å². The number of unbranched alkanes of at least 4 members (excludes halogenated alkanes) is 39. The minimum Gasteiger partial charge on any atom is -0.466 e. The number of amides is 1. The summed E-state index contributed by atoms with van der Waals surface area (Å²) in [6.07, 6.45) is 60.6. The number of ether oxygens (including phenoxy) is 1. The van der Waals surface area contributed by atoms with Crippen LogP contribution in [0.2, 0.25) is 0 Å². The lowest BCUT2D eigenvalue weighted by Crippen LogP contribution is -2.45. The summed E-state index contributed by atoms with van der Waals surface area (Å²) in [5, 5.41) is 23.3. The highest BCUT2D eigenvalue weighted by Crippen LogP contribution is 2.17. The first kappa shape index (κ1) is 60.6. The van der Waals surface area contributed by atoms with Crippen molar-refractivity contribution in [2.24, 2.45) is 0 Å². The highest BCUT2D eigenvalue weighted by molar-refractivity contribution is 5.76. The zero-order chi connectivity index (χ0) is 45.1. The van der Waals surface area contributed by atoms with Crippen molar-refractivity contribution in [1.82, 2.24) is 5.32 Å². The van der Waals surface area contributed by atoms with Gasteiger partial charge in [-0.1, -0.05) is 257 Å². The fraction of sp³-hybridized carbons (Fsp3) is 0.929. The van der Waals surface area contributed by atoms with E-state index in [0.717, 1.165) is 77.0 Å². The van der Waals surface area contributed by atoms with Gasteiger partial charge in [0.2, 0.25) is 5.91 Å². The Hall–Kier alpha value is -1.40. The normalized spacial score (nSPS) is 12.6. The van der Waals surface area contributed by atoms with Gasteiger partial charge < -0.3 is 20.3 Å². The van der Waals surface area contributed by atoms with Crippen molar-refractivity contribution in [2.45, 2.75) is 321 Å². The van der Waals surface area contributed by atoms with E-state index in [1.807, 2.05) is 0 Å². The number of aliphatic hydroxyl groups excluding tert-OH is 2. The van der Waals surface area contributed by atoms with Gasteiger partial charge in [0.05, 0.1) is 25.4 Å². The molecule has 0 aliphatic heterocycles. The van der Waals surface area contributed by atoms with Crippen LogP contribution in [-0.4, -0.2) is 47.4 Å². The molecule has 6 nitrogen and oxygen atoms in total. The van der Waals surface area contributed by atoms with E-state index in [9.17, 15) is 19.8 Å². The molecule has 0 aromatic carbocycles. The molecule has 0 rings (SSSR count). The molecule has 0 saturated heterocycles. The van der Waals surface area contributed by atoms with E-state index >= 15 is 0 Å². The van der Waals surface area contributed by atoms with Gasteiger partial charge in [-0.25, -0.2) is 0 Å². The van der Waals surface area contributed by atoms with Gasteiger partial charge in [-0.2, -0.15) is 0 Å². The number of allylic oxidation sites excluding steroid dienone is 2. The maximum absolute atomic E-state index is 12.5. The Morgan fingerprint density at radius 2 is 0.758 bits per heavy atom. The first-order valence-corrected chi connectivity index (χ1v) is 27.9. The third-order valence-electron chi connectivity index (χ3n) is 13.1. The zero-order valence-corrected chi connectivity index (χ0v) is 41.9. The molecule has 3 N–H and O–H groups in total. The van der Waals surface area contributed by atoms with Crippen LogP contribution < -0.4 is 5.32 Å². The van der Waals surface area contributed by atoms with Gasteiger partial charge in [-0.15, -0.1) is 0 Å². The molecule has 2 unspecified atom stereocenters. The second-order valence-corrected chi connectivity index (χ2v) is 19.3. The first-order chi connectivity index (χ1) is 30.5. The van der Waals surface area contributed by atoms with E-state index in [1.165, 1.54) is 199 Å². The number of nitrogens with one attached hydrogen (secondary N) is 1. The Balaban J connectivity index is 3.49. The Kier molecular flexibility index (Phi) is 51.0. The average molecular weight is 876 g/mol. The summed E-state index contributed by atoms with van der Waals surface area (Å²) in [6, 6.07) is -0.562. The Morgan fingerprint density at radius 1 is 0.435 bits per heavy atom. The van der Waals surface area contributed by atoms with Crippen LogP contribution in [0, 0.1) is 0 Å². The van der Waals surface area contributed by atoms with Crippen LogP contribution in [-0.2, 0) is 14.3 Å². The van der Waals surface area contributed by atoms with Crippen molar-refractivity contribution < 1.29 is 24.5 Å². The van der Waals surface area contributed by atoms with Crippen LogP contribution in [0.15, 0.2) is 12.2 Å². The molecule has 0 spiro atoms. The van der Waals surface area contributed by atoms with Gasteiger partial charge >= 0.3 is 5.97 Å². The van der Waals surface area contributed by atoms with Crippen LogP contribution >= 0.6 is 0 Å². The summed E-state index contributed by atoms with van der Waals surface area (Å²) in [7, 11) is 0. The van der Waals surface area contributed by atoms with Gasteiger partial charge in [0, 0.05) is 12.8 Å². The lowest BCUT2D eigenvalue weighted by atomic mass is 10.0. The monoisotopic (exact) mass is 876 g/mol.